The first-order valence-electron chi connectivity index (χ1n) is 13.1. The van der Waals surface area contributed by atoms with Gasteiger partial charge in [-0.05, 0) is 49.7 Å². The van der Waals surface area contributed by atoms with Gasteiger partial charge in [0.2, 0.25) is 17.1 Å². The third-order valence-corrected chi connectivity index (χ3v) is 9.88. The number of hydrogen-bond donors (Lipinski definition) is 1. The highest BCUT2D eigenvalue weighted by molar-refractivity contribution is 7.66. The summed E-state index contributed by atoms with van der Waals surface area (Å²) in [6, 6.07) is 2.08. The van der Waals surface area contributed by atoms with Crippen molar-refractivity contribution in [1.82, 2.24) is 15.1 Å². The number of carbonyl (C=O) groups excluding carboxylic acids is 4. The van der Waals surface area contributed by atoms with Crippen molar-refractivity contribution in [1.29, 1.82) is 0 Å². The highest BCUT2D eigenvalue weighted by atomic mass is 32.1. The summed E-state index contributed by atoms with van der Waals surface area (Å²) in [6.45, 7) is 3.35. The van der Waals surface area contributed by atoms with Gasteiger partial charge in [-0.1, -0.05) is 0 Å². The fourth-order valence-corrected chi connectivity index (χ4v) is 7.29. The zero-order valence-corrected chi connectivity index (χ0v) is 21.4. The lowest BCUT2D eigenvalue weighted by atomic mass is 9.59. The van der Waals surface area contributed by atoms with E-state index in [-0.39, 0.29) is 34.6 Å². The van der Waals surface area contributed by atoms with Gasteiger partial charge in [0.25, 0.3) is 11.8 Å². The molecule has 4 heterocycles. The lowest BCUT2D eigenvalue weighted by molar-refractivity contribution is -0.136. The van der Waals surface area contributed by atoms with Gasteiger partial charge in [-0.2, -0.15) is 0 Å². The van der Waals surface area contributed by atoms with Gasteiger partial charge < -0.3 is 4.90 Å². The normalized spacial score (nSPS) is 26.9. The molecule has 37 heavy (non-hydrogen) atoms. The number of imide groups is 2. The Labute approximate surface area is 218 Å². The van der Waals surface area contributed by atoms with Crippen LogP contribution in [0.3, 0.4) is 0 Å². The zero-order valence-electron chi connectivity index (χ0n) is 20.5. The number of carbonyl (C=O) groups is 4. The fraction of sp³-hybridized carbons (Fsp3) is 0.615. The maximum absolute atomic E-state index is 15.2. The molecule has 0 aromatic heterocycles. The van der Waals surface area contributed by atoms with Crippen LogP contribution in [0.25, 0.3) is 0 Å². The van der Waals surface area contributed by atoms with Crippen LogP contribution in [-0.4, -0.2) is 76.9 Å². The van der Waals surface area contributed by atoms with E-state index in [2.05, 4.69) is 10.2 Å². The summed E-state index contributed by atoms with van der Waals surface area (Å²) in [4.78, 5) is 55.2. The molecule has 1 aromatic carbocycles. The summed E-state index contributed by atoms with van der Waals surface area (Å²) in [6.07, 6.45) is 6.20. The van der Waals surface area contributed by atoms with Crippen molar-refractivity contribution in [2.45, 2.75) is 68.7 Å². The monoisotopic (exact) mass is 529 g/mol. The Kier molecular flexibility index (Phi) is 6.10. The van der Waals surface area contributed by atoms with E-state index in [0.29, 0.717) is 24.8 Å². The largest absolute Gasteiger partial charge is 0.462 e. The highest BCUT2D eigenvalue weighted by Crippen LogP contribution is 2.52. The van der Waals surface area contributed by atoms with Crippen molar-refractivity contribution in [3.63, 3.8) is 0 Å². The van der Waals surface area contributed by atoms with E-state index in [1.54, 1.807) is 0 Å². The summed E-state index contributed by atoms with van der Waals surface area (Å²) in [5.41, 5.74) is 0.653. The quantitative estimate of drug-likeness (QED) is 0.469. The van der Waals surface area contributed by atoms with Crippen molar-refractivity contribution >= 4 is 41.0 Å². The molecule has 1 unspecified atom stereocenters. The number of piperidine rings is 3. The summed E-state index contributed by atoms with van der Waals surface area (Å²) in [5.74, 6) is -2.98. The van der Waals surface area contributed by atoms with Crippen LogP contribution in [0.5, 0.6) is 0 Å². The van der Waals surface area contributed by atoms with Crippen LogP contribution in [0.15, 0.2) is 12.1 Å². The Morgan fingerprint density at radius 1 is 0.919 bits per heavy atom. The number of likely N-dealkylation sites (tertiary alicyclic amines) is 1. The van der Waals surface area contributed by atoms with Gasteiger partial charge in [0.15, 0.2) is 0 Å². The highest BCUT2D eigenvalue weighted by Gasteiger charge is 2.49. The number of rotatable bonds is 4. The lowest BCUT2D eigenvalue weighted by Crippen LogP contribution is -2.56. The number of hydrogen-bond acceptors (Lipinski definition) is 7. The number of benzene rings is 1. The van der Waals surface area contributed by atoms with Crippen molar-refractivity contribution in [2.75, 3.05) is 31.1 Å². The Balaban J connectivity index is 1.11. The molecule has 1 spiro atoms. The number of amides is 4. The molecule has 4 amide bonds. The predicted octanol–water partition coefficient (Wildman–Crippen LogP) is 1.87. The molecule has 196 valence electrons. The SMILES string of the molecule is O=[S+]C1CCN(C2CC3(CCN(c4cc5c(cc4F)C(=O)N(C4CCC(=O)NC4=O)C5=O)CC3)C2)CC1. The predicted molar refractivity (Wildman–Crippen MR) is 133 cm³/mol. The maximum Gasteiger partial charge on any atom is 0.462 e. The number of halogens is 1. The van der Waals surface area contributed by atoms with Gasteiger partial charge in [0.1, 0.15) is 11.9 Å². The van der Waals surface area contributed by atoms with Crippen LogP contribution in [0.2, 0.25) is 0 Å². The minimum Gasteiger partial charge on any atom is -0.369 e. The van der Waals surface area contributed by atoms with Crippen molar-refractivity contribution < 1.29 is 27.8 Å². The van der Waals surface area contributed by atoms with Gasteiger partial charge in [0, 0.05) is 55.7 Å². The van der Waals surface area contributed by atoms with Crippen LogP contribution in [-0.2, 0) is 25.5 Å². The molecule has 11 heteroatoms. The number of fused-ring (bicyclic) bond motifs is 1. The molecular formula is C26H30FN4O5S+. The average molecular weight is 530 g/mol. The second-order valence-electron chi connectivity index (χ2n) is 11.2. The van der Waals surface area contributed by atoms with Crippen LogP contribution in [0.1, 0.15) is 72.1 Å². The minimum absolute atomic E-state index is 0.0367. The van der Waals surface area contributed by atoms with E-state index in [0.717, 1.165) is 74.2 Å². The van der Waals surface area contributed by atoms with Crippen molar-refractivity contribution in [3.05, 3.63) is 29.1 Å². The molecule has 1 N–H and O–H groups in total. The lowest BCUT2D eigenvalue weighted by Gasteiger charge is -2.56. The first-order valence-corrected chi connectivity index (χ1v) is 13.9. The Morgan fingerprint density at radius 2 is 1.57 bits per heavy atom. The molecule has 5 aliphatic rings. The van der Waals surface area contributed by atoms with E-state index in [1.807, 2.05) is 4.90 Å². The summed E-state index contributed by atoms with van der Waals surface area (Å²) >= 11 is 0.736. The Bertz CT molecular complexity index is 1180. The van der Waals surface area contributed by atoms with Gasteiger partial charge in [-0.25, -0.2) is 4.39 Å². The second-order valence-corrected chi connectivity index (χ2v) is 12.0. The zero-order chi connectivity index (χ0) is 25.9. The third kappa shape index (κ3) is 4.16. The van der Waals surface area contributed by atoms with E-state index >= 15 is 4.39 Å². The van der Waals surface area contributed by atoms with Gasteiger partial charge in [-0.15, -0.1) is 0 Å². The van der Waals surface area contributed by atoms with Crippen LogP contribution in [0, 0.1) is 11.2 Å². The second kappa shape index (κ2) is 9.20. The number of nitrogens with one attached hydrogen (secondary N) is 1. The first kappa shape index (κ1) is 24.5. The molecule has 1 saturated carbocycles. The molecule has 0 bridgehead atoms. The molecular weight excluding hydrogens is 499 g/mol. The maximum atomic E-state index is 15.2. The number of nitrogens with zero attached hydrogens (tertiary/aromatic N) is 3. The summed E-state index contributed by atoms with van der Waals surface area (Å²) in [7, 11) is 0. The van der Waals surface area contributed by atoms with Crippen LogP contribution in [0.4, 0.5) is 10.1 Å². The average Bonchev–Trinajstić information content (AvgIpc) is 3.11. The standard InChI is InChI=1S/C26H29FN4O5S/c27-19-11-17-18(25(35)31(24(17)34)20-1-2-22(32)28-23(20)33)12-21(19)30-9-5-26(6-10-30)13-15(14-26)29-7-3-16(37-36)4-8-29/h11-12,15-16,20H,1-10,13-14H2/p+1. The third-order valence-electron chi connectivity index (χ3n) is 9.14. The molecule has 1 atom stereocenters. The van der Waals surface area contributed by atoms with Crippen molar-refractivity contribution in [2.24, 2.45) is 5.41 Å². The summed E-state index contributed by atoms with van der Waals surface area (Å²) < 4.78 is 26.3. The van der Waals surface area contributed by atoms with E-state index in [9.17, 15) is 23.4 Å². The van der Waals surface area contributed by atoms with Gasteiger partial charge >= 0.3 is 11.7 Å². The first-order chi connectivity index (χ1) is 17.8. The smallest absolute Gasteiger partial charge is 0.369 e. The molecule has 4 aliphatic heterocycles. The topological polar surface area (TPSA) is 107 Å². The number of anilines is 1. The van der Waals surface area contributed by atoms with Crippen LogP contribution >= 0.6 is 0 Å². The molecule has 4 fully saturated rings. The summed E-state index contributed by atoms with van der Waals surface area (Å²) in [5, 5.41) is 2.42. The Hall–Kier alpha value is -2.79. The van der Waals surface area contributed by atoms with E-state index in [4.69, 9.17) is 0 Å². The molecule has 6 rings (SSSR count). The van der Waals surface area contributed by atoms with Crippen LogP contribution < -0.4 is 10.2 Å². The molecule has 1 aromatic rings. The molecule has 1 aliphatic carbocycles. The molecule has 9 nitrogen and oxygen atoms in total. The minimum atomic E-state index is -1.07. The van der Waals surface area contributed by atoms with E-state index in [1.165, 1.54) is 6.07 Å². The van der Waals surface area contributed by atoms with Gasteiger partial charge in [-0.3, -0.25) is 34.3 Å². The molecule has 0 radical (unpaired) electrons. The molecule has 3 saturated heterocycles. The fourth-order valence-electron chi connectivity index (χ4n) is 6.89. The Morgan fingerprint density at radius 3 is 2.19 bits per heavy atom. The van der Waals surface area contributed by atoms with Crippen molar-refractivity contribution in [3.8, 4) is 0 Å². The van der Waals surface area contributed by atoms with E-state index < -0.39 is 35.5 Å². The van der Waals surface area contributed by atoms with Gasteiger partial charge in [0.05, 0.1) is 16.8 Å².